The molecule has 2 amide bonds. The van der Waals surface area contributed by atoms with E-state index in [0.717, 1.165) is 12.8 Å². The lowest BCUT2D eigenvalue weighted by molar-refractivity contribution is 0.251. The fourth-order valence-corrected chi connectivity index (χ4v) is 1.44. The van der Waals surface area contributed by atoms with Gasteiger partial charge < -0.3 is 16.4 Å². The Labute approximate surface area is 92.8 Å². The predicted molar refractivity (Wildman–Crippen MR) is 61.0 cm³/mol. The fraction of sp³-hybridized carbons (Fsp3) is 0.300. The molecule has 80 valence electrons. The van der Waals surface area contributed by atoms with E-state index in [1.54, 1.807) is 18.2 Å². The fourth-order valence-electron chi connectivity index (χ4n) is 1.20. The third-order valence-electron chi connectivity index (χ3n) is 2.15. The van der Waals surface area contributed by atoms with Crippen LogP contribution in [0.2, 0.25) is 5.02 Å². The molecule has 1 fully saturated rings. The molecule has 0 spiro atoms. The number of nitrogens with two attached hydrogens (primary N) is 1. The minimum absolute atomic E-state index is 0.218. The molecule has 4 N–H and O–H groups in total. The van der Waals surface area contributed by atoms with E-state index in [2.05, 4.69) is 10.6 Å². The van der Waals surface area contributed by atoms with Crippen molar-refractivity contribution >= 4 is 29.0 Å². The van der Waals surface area contributed by atoms with Crippen molar-refractivity contribution < 1.29 is 4.79 Å². The van der Waals surface area contributed by atoms with Gasteiger partial charge in [0.05, 0.1) is 10.7 Å². The molecule has 4 nitrogen and oxygen atoms in total. The number of urea groups is 1. The van der Waals surface area contributed by atoms with Crippen LogP contribution in [0.3, 0.4) is 0 Å². The number of hydrogen-bond acceptors (Lipinski definition) is 2. The summed E-state index contributed by atoms with van der Waals surface area (Å²) in [6, 6.07) is 5.10. The molecule has 0 saturated heterocycles. The number of carbonyl (C=O) groups is 1. The molecule has 0 aliphatic heterocycles. The lowest BCUT2D eigenvalue weighted by atomic mass is 10.3. The third-order valence-corrected chi connectivity index (χ3v) is 2.47. The van der Waals surface area contributed by atoms with E-state index in [9.17, 15) is 4.79 Å². The van der Waals surface area contributed by atoms with Crippen LogP contribution in [0.4, 0.5) is 16.2 Å². The largest absolute Gasteiger partial charge is 0.399 e. The summed E-state index contributed by atoms with van der Waals surface area (Å²) >= 11 is 5.90. The average Bonchev–Trinajstić information content (AvgIpc) is 2.94. The minimum atomic E-state index is -0.218. The van der Waals surface area contributed by atoms with E-state index in [1.165, 1.54) is 0 Å². The first kappa shape index (κ1) is 10.1. The van der Waals surface area contributed by atoms with Crippen LogP contribution in [0.15, 0.2) is 18.2 Å². The molecule has 0 aromatic heterocycles. The second-order valence-electron chi connectivity index (χ2n) is 3.61. The summed E-state index contributed by atoms with van der Waals surface area (Å²) in [5.74, 6) is 0. The van der Waals surface area contributed by atoms with Gasteiger partial charge >= 0.3 is 6.03 Å². The lowest BCUT2D eigenvalue weighted by Crippen LogP contribution is -2.30. The van der Waals surface area contributed by atoms with Gasteiger partial charge in [-0.15, -0.1) is 0 Å². The Kier molecular flexibility index (Phi) is 2.68. The monoisotopic (exact) mass is 225 g/mol. The molecular weight excluding hydrogens is 214 g/mol. The van der Waals surface area contributed by atoms with Crippen LogP contribution in [0.25, 0.3) is 0 Å². The third kappa shape index (κ3) is 2.76. The smallest absolute Gasteiger partial charge is 0.319 e. The van der Waals surface area contributed by atoms with E-state index in [4.69, 9.17) is 17.3 Å². The van der Waals surface area contributed by atoms with Crippen LogP contribution >= 0.6 is 11.6 Å². The normalized spacial score (nSPS) is 14.7. The molecule has 15 heavy (non-hydrogen) atoms. The maximum absolute atomic E-state index is 11.4. The summed E-state index contributed by atoms with van der Waals surface area (Å²) in [4.78, 5) is 11.4. The van der Waals surface area contributed by atoms with E-state index in [0.29, 0.717) is 22.4 Å². The summed E-state index contributed by atoms with van der Waals surface area (Å²) in [5, 5.41) is 5.92. The van der Waals surface area contributed by atoms with Gasteiger partial charge in [0.1, 0.15) is 0 Å². The van der Waals surface area contributed by atoms with Crippen molar-refractivity contribution in [2.75, 3.05) is 11.1 Å². The highest BCUT2D eigenvalue weighted by atomic mass is 35.5. The number of amides is 2. The summed E-state index contributed by atoms with van der Waals surface area (Å²) in [5.41, 5.74) is 6.69. The van der Waals surface area contributed by atoms with Crippen LogP contribution in [0.5, 0.6) is 0 Å². The zero-order valence-corrected chi connectivity index (χ0v) is 8.84. The molecule has 1 aliphatic carbocycles. The minimum Gasteiger partial charge on any atom is -0.399 e. The molecule has 0 heterocycles. The number of halogens is 1. The van der Waals surface area contributed by atoms with Crippen LogP contribution in [-0.4, -0.2) is 12.1 Å². The first-order valence-electron chi connectivity index (χ1n) is 4.77. The Morgan fingerprint density at radius 1 is 1.47 bits per heavy atom. The molecule has 1 saturated carbocycles. The van der Waals surface area contributed by atoms with Gasteiger partial charge in [-0.25, -0.2) is 4.79 Å². The lowest BCUT2D eigenvalue weighted by Gasteiger charge is -2.08. The van der Waals surface area contributed by atoms with Gasteiger partial charge in [-0.1, -0.05) is 11.6 Å². The van der Waals surface area contributed by atoms with E-state index >= 15 is 0 Å². The molecule has 0 unspecified atom stereocenters. The van der Waals surface area contributed by atoms with Gasteiger partial charge in [0.15, 0.2) is 0 Å². The maximum atomic E-state index is 11.4. The first-order chi connectivity index (χ1) is 7.15. The number of benzene rings is 1. The second kappa shape index (κ2) is 3.98. The number of nitrogen functional groups attached to an aromatic ring is 1. The summed E-state index contributed by atoms with van der Waals surface area (Å²) < 4.78 is 0. The van der Waals surface area contributed by atoms with Crippen molar-refractivity contribution in [2.24, 2.45) is 0 Å². The number of anilines is 2. The molecule has 1 aliphatic rings. The zero-order chi connectivity index (χ0) is 10.8. The SMILES string of the molecule is Nc1ccc(NC(=O)NC2CC2)c(Cl)c1. The number of hydrogen-bond donors (Lipinski definition) is 3. The predicted octanol–water partition coefficient (Wildman–Crippen LogP) is 2.21. The first-order valence-corrected chi connectivity index (χ1v) is 5.15. The van der Waals surface area contributed by atoms with Crippen LogP contribution < -0.4 is 16.4 Å². The number of carbonyl (C=O) groups excluding carboxylic acids is 1. The highest BCUT2D eigenvalue weighted by Gasteiger charge is 2.23. The van der Waals surface area contributed by atoms with Crippen molar-refractivity contribution in [1.82, 2.24) is 5.32 Å². The quantitative estimate of drug-likeness (QED) is 0.676. The van der Waals surface area contributed by atoms with Gasteiger partial charge in [-0.2, -0.15) is 0 Å². The highest BCUT2D eigenvalue weighted by molar-refractivity contribution is 6.34. The molecule has 0 atom stereocenters. The van der Waals surface area contributed by atoms with Crippen molar-refractivity contribution in [1.29, 1.82) is 0 Å². The highest BCUT2D eigenvalue weighted by Crippen LogP contribution is 2.24. The summed E-state index contributed by atoms with van der Waals surface area (Å²) in [7, 11) is 0. The molecule has 0 bridgehead atoms. The molecule has 0 radical (unpaired) electrons. The number of nitrogens with one attached hydrogen (secondary N) is 2. The van der Waals surface area contributed by atoms with Gasteiger partial charge in [0.2, 0.25) is 0 Å². The van der Waals surface area contributed by atoms with Gasteiger partial charge in [0, 0.05) is 11.7 Å². The molecular formula is C10H12ClN3O. The van der Waals surface area contributed by atoms with Crippen molar-refractivity contribution in [3.63, 3.8) is 0 Å². The van der Waals surface area contributed by atoms with E-state index < -0.39 is 0 Å². The molecule has 2 rings (SSSR count). The van der Waals surface area contributed by atoms with E-state index in [-0.39, 0.29) is 6.03 Å². The zero-order valence-electron chi connectivity index (χ0n) is 8.09. The topological polar surface area (TPSA) is 67.1 Å². The molecule has 1 aromatic rings. The van der Waals surface area contributed by atoms with Crippen molar-refractivity contribution in [3.05, 3.63) is 23.2 Å². The van der Waals surface area contributed by atoms with Gasteiger partial charge in [-0.05, 0) is 31.0 Å². The Hall–Kier alpha value is -1.42. The average molecular weight is 226 g/mol. The van der Waals surface area contributed by atoms with Gasteiger partial charge in [-0.3, -0.25) is 0 Å². The van der Waals surface area contributed by atoms with Crippen LogP contribution in [0, 0.1) is 0 Å². The Bertz CT molecular complexity index is 390. The van der Waals surface area contributed by atoms with E-state index in [1.807, 2.05) is 0 Å². The second-order valence-corrected chi connectivity index (χ2v) is 4.02. The summed E-state index contributed by atoms with van der Waals surface area (Å²) in [6.45, 7) is 0. The van der Waals surface area contributed by atoms with Gasteiger partial charge in [0.25, 0.3) is 0 Å². The Morgan fingerprint density at radius 3 is 2.80 bits per heavy atom. The standard InChI is InChI=1S/C10H12ClN3O/c11-8-5-6(12)1-4-9(8)14-10(15)13-7-2-3-7/h1,4-5,7H,2-3,12H2,(H2,13,14,15). The van der Waals surface area contributed by atoms with Crippen LogP contribution in [0.1, 0.15) is 12.8 Å². The van der Waals surface area contributed by atoms with Crippen molar-refractivity contribution in [2.45, 2.75) is 18.9 Å². The maximum Gasteiger partial charge on any atom is 0.319 e. The molecule has 1 aromatic carbocycles. The van der Waals surface area contributed by atoms with Crippen LogP contribution in [-0.2, 0) is 0 Å². The van der Waals surface area contributed by atoms with Crippen molar-refractivity contribution in [3.8, 4) is 0 Å². The molecule has 5 heteroatoms. The Morgan fingerprint density at radius 2 is 2.20 bits per heavy atom. The summed E-state index contributed by atoms with van der Waals surface area (Å²) in [6.07, 6.45) is 2.12. The Balaban J connectivity index is 1.99. The number of rotatable bonds is 2.